The van der Waals surface area contributed by atoms with Crippen LogP contribution >= 0.6 is 0 Å². The number of carbonyl (C=O) groups excluding carboxylic acids is 1. The summed E-state index contributed by atoms with van der Waals surface area (Å²) < 4.78 is 7.75. The number of anilines is 1. The van der Waals surface area contributed by atoms with Gasteiger partial charge in [0, 0.05) is 18.1 Å². The Labute approximate surface area is 152 Å². The van der Waals surface area contributed by atoms with Gasteiger partial charge in [0.15, 0.2) is 0 Å². The molecule has 134 valence electrons. The lowest BCUT2D eigenvalue weighted by Gasteiger charge is -2.22. The zero-order chi connectivity index (χ0) is 18.0. The lowest BCUT2D eigenvalue weighted by atomic mass is 9.98. The van der Waals surface area contributed by atoms with Crippen molar-refractivity contribution < 1.29 is 9.53 Å². The second-order valence-corrected chi connectivity index (χ2v) is 6.83. The third-order valence-corrected chi connectivity index (χ3v) is 4.86. The standard InChI is InChI=1S/C20H22N4O2/c21-20(10-2-3-11-20)19(25)23-15-6-8-17(9-7-15)26-14-16-13-24-12-4-1-5-18(24)22-16/h1,4-9,12-13H,2-3,10-11,14,21H2,(H,23,25). The summed E-state index contributed by atoms with van der Waals surface area (Å²) in [5.74, 6) is 0.622. The lowest BCUT2D eigenvalue weighted by molar-refractivity contribution is -0.121. The summed E-state index contributed by atoms with van der Waals surface area (Å²) in [5, 5.41) is 2.91. The summed E-state index contributed by atoms with van der Waals surface area (Å²) in [4.78, 5) is 16.8. The third-order valence-electron chi connectivity index (χ3n) is 4.86. The van der Waals surface area contributed by atoms with E-state index in [2.05, 4.69) is 10.3 Å². The van der Waals surface area contributed by atoms with Crippen LogP contribution < -0.4 is 15.8 Å². The Morgan fingerprint density at radius 1 is 1.19 bits per heavy atom. The van der Waals surface area contributed by atoms with Gasteiger partial charge in [0.05, 0.1) is 11.2 Å². The molecule has 1 aromatic carbocycles. The first kappa shape index (κ1) is 16.6. The smallest absolute Gasteiger partial charge is 0.244 e. The number of fused-ring (bicyclic) bond motifs is 1. The highest BCUT2D eigenvalue weighted by molar-refractivity contribution is 5.98. The van der Waals surface area contributed by atoms with Crippen molar-refractivity contribution in [2.24, 2.45) is 5.73 Å². The van der Waals surface area contributed by atoms with Crippen LogP contribution in [0, 0.1) is 0 Å². The minimum atomic E-state index is -0.724. The topological polar surface area (TPSA) is 81.7 Å². The quantitative estimate of drug-likeness (QED) is 0.741. The largest absolute Gasteiger partial charge is 0.487 e. The fraction of sp³-hybridized carbons (Fsp3) is 0.300. The number of pyridine rings is 1. The molecule has 1 amide bonds. The van der Waals surface area contributed by atoms with Crippen LogP contribution in [0.4, 0.5) is 5.69 Å². The molecule has 2 heterocycles. The number of hydrogen-bond donors (Lipinski definition) is 2. The minimum Gasteiger partial charge on any atom is -0.487 e. The van der Waals surface area contributed by atoms with Gasteiger partial charge in [-0.1, -0.05) is 18.9 Å². The maximum atomic E-state index is 12.3. The van der Waals surface area contributed by atoms with Crippen molar-refractivity contribution in [3.8, 4) is 5.75 Å². The van der Waals surface area contributed by atoms with Gasteiger partial charge in [-0.15, -0.1) is 0 Å². The normalized spacial score (nSPS) is 15.9. The van der Waals surface area contributed by atoms with E-state index in [4.69, 9.17) is 10.5 Å². The number of nitrogens with zero attached hydrogens (tertiary/aromatic N) is 2. The van der Waals surface area contributed by atoms with Crippen molar-refractivity contribution in [1.29, 1.82) is 0 Å². The van der Waals surface area contributed by atoms with Gasteiger partial charge in [-0.3, -0.25) is 4.79 Å². The predicted molar refractivity (Wildman–Crippen MR) is 100.0 cm³/mol. The van der Waals surface area contributed by atoms with Crippen LogP contribution in [-0.4, -0.2) is 20.8 Å². The van der Waals surface area contributed by atoms with E-state index in [-0.39, 0.29) is 5.91 Å². The molecule has 0 aliphatic heterocycles. The SMILES string of the molecule is NC1(C(=O)Nc2ccc(OCc3cn4ccccc4n3)cc2)CCCC1. The number of benzene rings is 1. The van der Waals surface area contributed by atoms with E-state index in [1.807, 2.05) is 59.3 Å². The number of imidazole rings is 1. The van der Waals surface area contributed by atoms with Gasteiger partial charge in [-0.25, -0.2) is 4.98 Å². The van der Waals surface area contributed by atoms with Gasteiger partial charge in [0.25, 0.3) is 0 Å². The monoisotopic (exact) mass is 350 g/mol. The zero-order valence-corrected chi connectivity index (χ0v) is 14.5. The minimum absolute atomic E-state index is 0.103. The Bertz CT molecular complexity index is 878. The fourth-order valence-electron chi connectivity index (χ4n) is 3.34. The van der Waals surface area contributed by atoms with Crippen molar-refractivity contribution in [2.45, 2.75) is 37.8 Å². The van der Waals surface area contributed by atoms with Crippen LogP contribution in [-0.2, 0) is 11.4 Å². The molecule has 0 spiro atoms. The molecule has 26 heavy (non-hydrogen) atoms. The van der Waals surface area contributed by atoms with Crippen molar-refractivity contribution in [1.82, 2.24) is 9.38 Å². The molecule has 6 nitrogen and oxygen atoms in total. The van der Waals surface area contributed by atoms with E-state index in [0.29, 0.717) is 6.61 Å². The molecule has 0 bridgehead atoms. The van der Waals surface area contributed by atoms with Gasteiger partial charge >= 0.3 is 0 Å². The number of rotatable bonds is 5. The summed E-state index contributed by atoms with van der Waals surface area (Å²) in [7, 11) is 0. The molecular formula is C20H22N4O2. The fourth-order valence-corrected chi connectivity index (χ4v) is 3.34. The van der Waals surface area contributed by atoms with E-state index in [1.54, 1.807) is 0 Å². The maximum Gasteiger partial charge on any atom is 0.244 e. The van der Waals surface area contributed by atoms with E-state index in [0.717, 1.165) is 48.5 Å². The first-order valence-corrected chi connectivity index (χ1v) is 8.88. The second-order valence-electron chi connectivity index (χ2n) is 6.83. The van der Waals surface area contributed by atoms with Crippen molar-refractivity contribution in [3.63, 3.8) is 0 Å². The Hall–Kier alpha value is -2.86. The number of nitrogens with one attached hydrogen (secondary N) is 1. The number of nitrogens with two attached hydrogens (primary N) is 1. The first-order valence-electron chi connectivity index (χ1n) is 8.88. The highest BCUT2D eigenvalue weighted by atomic mass is 16.5. The third kappa shape index (κ3) is 3.41. The Kier molecular flexibility index (Phi) is 4.34. The van der Waals surface area contributed by atoms with Crippen molar-refractivity contribution in [3.05, 3.63) is 60.6 Å². The molecule has 3 N–H and O–H groups in total. The summed E-state index contributed by atoms with van der Waals surface area (Å²) in [6.45, 7) is 0.388. The highest BCUT2D eigenvalue weighted by Gasteiger charge is 2.36. The Morgan fingerprint density at radius 2 is 1.96 bits per heavy atom. The lowest BCUT2D eigenvalue weighted by Crippen LogP contribution is -2.48. The van der Waals surface area contributed by atoms with Gasteiger partial charge in [0.1, 0.15) is 18.0 Å². The van der Waals surface area contributed by atoms with E-state index in [9.17, 15) is 4.79 Å². The first-order chi connectivity index (χ1) is 12.6. The molecular weight excluding hydrogens is 328 g/mol. The number of hydrogen-bond acceptors (Lipinski definition) is 4. The average Bonchev–Trinajstić information content (AvgIpc) is 3.28. The predicted octanol–water partition coefficient (Wildman–Crippen LogP) is 3.12. The molecule has 1 aliphatic rings. The molecule has 4 rings (SSSR count). The average molecular weight is 350 g/mol. The number of aromatic nitrogens is 2. The molecule has 2 aromatic heterocycles. The Balaban J connectivity index is 1.36. The van der Waals surface area contributed by atoms with E-state index < -0.39 is 5.54 Å². The Morgan fingerprint density at radius 3 is 2.69 bits per heavy atom. The van der Waals surface area contributed by atoms with Gasteiger partial charge in [-0.05, 0) is 49.2 Å². The summed E-state index contributed by atoms with van der Waals surface area (Å²) in [5.41, 5.74) is 7.94. The molecule has 6 heteroatoms. The molecule has 0 saturated heterocycles. The van der Waals surface area contributed by atoms with Gasteiger partial charge in [0.2, 0.25) is 5.91 Å². The van der Waals surface area contributed by atoms with Crippen molar-refractivity contribution in [2.75, 3.05) is 5.32 Å². The van der Waals surface area contributed by atoms with Crippen LogP contribution in [0.25, 0.3) is 5.65 Å². The number of amides is 1. The van der Waals surface area contributed by atoms with Crippen LogP contribution in [0.1, 0.15) is 31.4 Å². The van der Waals surface area contributed by atoms with Gasteiger partial charge in [-0.2, -0.15) is 0 Å². The van der Waals surface area contributed by atoms with Crippen LogP contribution in [0.5, 0.6) is 5.75 Å². The summed E-state index contributed by atoms with van der Waals surface area (Å²) in [6, 6.07) is 13.2. The van der Waals surface area contributed by atoms with Crippen LogP contribution in [0.2, 0.25) is 0 Å². The molecule has 0 atom stereocenters. The van der Waals surface area contributed by atoms with E-state index in [1.165, 1.54) is 0 Å². The molecule has 0 radical (unpaired) electrons. The van der Waals surface area contributed by atoms with Crippen LogP contribution in [0.15, 0.2) is 54.9 Å². The van der Waals surface area contributed by atoms with E-state index >= 15 is 0 Å². The summed E-state index contributed by atoms with van der Waals surface area (Å²) in [6.07, 6.45) is 7.43. The molecule has 3 aromatic rings. The highest BCUT2D eigenvalue weighted by Crippen LogP contribution is 2.28. The summed E-state index contributed by atoms with van der Waals surface area (Å²) >= 11 is 0. The second kappa shape index (κ2) is 6.80. The maximum absolute atomic E-state index is 12.3. The van der Waals surface area contributed by atoms with Crippen molar-refractivity contribution >= 4 is 17.2 Å². The molecule has 1 aliphatic carbocycles. The molecule has 0 unspecified atom stereocenters. The van der Waals surface area contributed by atoms with Gasteiger partial charge < -0.3 is 20.2 Å². The molecule has 1 fully saturated rings. The molecule has 1 saturated carbocycles. The zero-order valence-electron chi connectivity index (χ0n) is 14.5. The number of ether oxygens (including phenoxy) is 1. The number of carbonyl (C=O) groups is 1. The van der Waals surface area contributed by atoms with Crippen LogP contribution in [0.3, 0.4) is 0 Å².